The van der Waals surface area contributed by atoms with Crippen molar-refractivity contribution in [2.24, 2.45) is 0 Å². The zero-order chi connectivity index (χ0) is 22.8. The van der Waals surface area contributed by atoms with E-state index < -0.39 is 29.2 Å². The summed E-state index contributed by atoms with van der Waals surface area (Å²) in [5.74, 6) is -0.749. The monoisotopic (exact) mass is 448 g/mol. The van der Waals surface area contributed by atoms with Gasteiger partial charge in [-0.3, -0.25) is 19.3 Å². The summed E-state index contributed by atoms with van der Waals surface area (Å²) in [6.07, 6.45) is 1.33. The van der Waals surface area contributed by atoms with Gasteiger partial charge in [-0.05, 0) is 53.6 Å². The van der Waals surface area contributed by atoms with Crippen molar-refractivity contribution >= 4 is 51.5 Å². The number of rotatable bonds is 5. The predicted octanol–water partition coefficient (Wildman–Crippen LogP) is 4.59. The van der Waals surface area contributed by atoms with Crippen LogP contribution in [0.1, 0.15) is 30.9 Å². The summed E-state index contributed by atoms with van der Waals surface area (Å²) in [7, 11) is 0. The highest BCUT2D eigenvalue weighted by Gasteiger charge is 2.36. The molecule has 32 heavy (non-hydrogen) atoms. The van der Waals surface area contributed by atoms with Gasteiger partial charge < -0.3 is 9.73 Å². The van der Waals surface area contributed by atoms with E-state index in [1.807, 2.05) is 12.1 Å². The number of benzene rings is 2. The molecule has 0 atom stereocenters. The van der Waals surface area contributed by atoms with Gasteiger partial charge in [-0.25, -0.2) is 4.79 Å². The summed E-state index contributed by atoms with van der Waals surface area (Å²) in [6, 6.07) is 16.0. The van der Waals surface area contributed by atoms with E-state index in [-0.39, 0.29) is 10.5 Å². The molecule has 1 aromatic heterocycles. The predicted molar refractivity (Wildman–Crippen MR) is 124 cm³/mol. The van der Waals surface area contributed by atoms with E-state index in [1.165, 1.54) is 6.08 Å². The smallest absolute Gasteiger partial charge is 0.343 e. The van der Waals surface area contributed by atoms with Crippen molar-refractivity contribution in [2.75, 3.05) is 11.9 Å². The Hall–Kier alpha value is -3.65. The number of anilines is 1. The third-order valence-corrected chi connectivity index (χ3v) is 5.90. The second-order valence-corrected chi connectivity index (χ2v) is 8.61. The highest BCUT2D eigenvalue weighted by atomic mass is 32.2. The van der Waals surface area contributed by atoms with E-state index in [9.17, 15) is 19.2 Å². The SMILES string of the molecule is CC(C)c1ccc(NC(=O)CN2C(=O)S/C(=C/c3cc4ccccc4oc3=O)C2=O)cc1. The second-order valence-electron chi connectivity index (χ2n) is 7.62. The summed E-state index contributed by atoms with van der Waals surface area (Å²) < 4.78 is 5.26. The molecule has 1 fully saturated rings. The molecular weight excluding hydrogens is 428 g/mol. The van der Waals surface area contributed by atoms with Gasteiger partial charge in [0.2, 0.25) is 5.91 Å². The molecule has 1 saturated heterocycles. The number of carbonyl (C=O) groups excluding carboxylic acids is 3. The van der Waals surface area contributed by atoms with Crippen LogP contribution in [0.2, 0.25) is 0 Å². The number of nitrogens with one attached hydrogen (secondary N) is 1. The molecule has 2 heterocycles. The van der Waals surface area contributed by atoms with E-state index in [0.29, 0.717) is 34.3 Å². The topological polar surface area (TPSA) is 96.7 Å². The maximum absolute atomic E-state index is 12.7. The second kappa shape index (κ2) is 8.84. The maximum Gasteiger partial charge on any atom is 0.343 e. The summed E-state index contributed by atoms with van der Waals surface area (Å²) in [4.78, 5) is 50.6. The summed E-state index contributed by atoms with van der Waals surface area (Å²) in [5, 5.41) is 2.81. The fourth-order valence-electron chi connectivity index (χ4n) is 3.25. The van der Waals surface area contributed by atoms with Gasteiger partial charge in [-0.15, -0.1) is 0 Å². The van der Waals surface area contributed by atoms with Crippen molar-refractivity contribution < 1.29 is 18.8 Å². The van der Waals surface area contributed by atoms with E-state index in [2.05, 4.69) is 19.2 Å². The minimum atomic E-state index is -0.627. The molecule has 7 nitrogen and oxygen atoms in total. The number of amides is 3. The fraction of sp³-hybridized carbons (Fsp3) is 0.167. The summed E-state index contributed by atoms with van der Waals surface area (Å²) in [6.45, 7) is 3.73. The Morgan fingerprint density at radius 1 is 1.09 bits per heavy atom. The molecule has 1 aliphatic heterocycles. The van der Waals surface area contributed by atoms with Crippen LogP contribution >= 0.6 is 11.8 Å². The first-order valence-electron chi connectivity index (χ1n) is 10.00. The number of fused-ring (bicyclic) bond motifs is 1. The van der Waals surface area contributed by atoms with Crippen LogP contribution in [-0.4, -0.2) is 28.5 Å². The third kappa shape index (κ3) is 4.50. The van der Waals surface area contributed by atoms with Crippen LogP contribution < -0.4 is 10.9 Å². The summed E-state index contributed by atoms with van der Waals surface area (Å²) in [5.41, 5.74) is 1.69. The van der Waals surface area contributed by atoms with Gasteiger partial charge in [0.25, 0.3) is 11.1 Å². The molecule has 4 rings (SSSR count). The molecule has 8 heteroatoms. The Labute approximate surface area is 188 Å². The molecule has 2 aromatic carbocycles. The normalized spacial score (nSPS) is 15.2. The Morgan fingerprint density at radius 2 is 1.81 bits per heavy atom. The van der Waals surface area contributed by atoms with Gasteiger partial charge in [0.05, 0.1) is 10.5 Å². The van der Waals surface area contributed by atoms with E-state index in [1.54, 1.807) is 42.5 Å². The van der Waals surface area contributed by atoms with Crippen molar-refractivity contribution in [1.82, 2.24) is 4.90 Å². The maximum atomic E-state index is 12.7. The molecule has 0 bridgehead atoms. The van der Waals surface area contributed by atoms with Crippen LogP contribution in [0.4, 0.5) is 10.5 Å². The Kier molecular flexibility index (Phi) is 5.96. The Bertz CT molecular complexity index is 1310. The van der Waals surface area contributed by atoms with Crippen molar-refractivity contribution in [3.63, 3.8) is 0 Å². The number of nitrogens with zero attached hydrogens (tertiary/aromatic N) is 1. The molecule has 0 aliphatic carbocycles. The van der Waals surface area contributed by atoms with Gasteiger partial charge in [0.1, 0.15) is 12.1 Å². The van der Waals surface area contributed by atoms with Crippen molar-refractivity contribution in [2.45, 2.75) is 19.8 Å². The third-order valence-electron chi connectivity index (χ3n) is 4.99. The molecule has 0 unspecified atom stereocenters. The highest BCUT2D eigenvalue weighted by Crippen LogP contribution is 2.32. The number of imide groups is 1. The minimum Gasteiger partial charge on any atom is -0.422 e. The van der Waals surface area contributed by atoms with Crippen molar-refractivity contribution in [3.05, 3.63) is 81.0 Å². The van der Waals surface area contributed by atoms with E-state index in [0.717, 1.165) is 10.5 Å². The zero-order valence-corrected chi connectivity index (χ0v) is 18.3. The number of carbonyl (C=O) groups is 3. The quantitative estimate of drug-likeness (QED) is 0.453. The molecule has 162 valence electrons. The lowest BCUT2D eigenvalue weighted by Crippen LogP contribution is -2.36. The number of para-hydroxylation sites is 1. The molecule has 0 saturated carbocycles. The largest absolute Gasteiger partial charge is 0.422 e. The van der Waals surface area contributed by atoms with Gasteiger partial charge in [0, 0.05) is 11.1 Å². The fourth-order valence-corrected chi connectivity index (χ4v) is 4.08. The summed E-state index contributed by atoms with van der Waals surface area (Å²) >= 11 is 0.682. The highest BCUT2D eigenvalue weighted by molar-refractivity contribution is 8.18. The average Bonchev–Trinajstić information content (AvgIpc) is 3.02. The van der Waals surface area contributed by atoms with Crippen molar-refractivity contribution in [3.8, 4) is 0 Å². The molecule has 1 N–H and O–H groups in total. The molecule has 3 aromatic rings. The Balaban J connectivity index is 1.48. The van der Waals surface area contributed by atoms with Gasteiger partial charge in [-0.2, -0.15) is 0 Å². The van der Waals surface area contributed by atoms with E-state index >= 15 is 0 Å². The average molecular weight is 449 g/mol. The first-order chi connectivity index (χ1) is 15.3. The van der Waals surface area contributed by atoms with Gasteiger partial charge >= 0.3 is 5.63 Å². The molecule has 1 aliphatic rings. The van der Waals surface area contributed by atoms with E-state index in [4.69, 9.17) is 4.42 Å². The van der Waals surface area contributed by atoms with Crippen LogP contribution in [-0.2, 0) is 9.59 Å². The lowest BCUT2D eigenvalue weighted by atomic mass is 10.0. The van der Waals surface area contributed by atoms with Crippen LogP contribution in [0.5, 0.6) is 0 Å². The number of thioether (sulfide) groups is 1. The molecule has 0 radical (unpaired) electrons. The standard InChI is InChI=1S/C24H20N2O5S/c1-14(2)15-7-9-18(10-8-15)25-21(27)13-26-22(28)20(32-24(26)30)12-17-11-16-5-3-4-6-19(16)31-23(17)29/h3-12,14H,13H2,1-2H3,(H,25,27)/b20-12+. The lowest BCUT2D eigenvalue weighted by molar-refractivity contribution is -0.127. The molecule has 0 spiro atoms. The Morgan fingerprint density at radius 3 is 2.53 bits per heavy atom. The van der Waals surface area contributed by atoms with Gasteiger partial charge in [0.15, 0.2) is 0 Å². The van der Waals surface area contributed by atoms with Crippen LogP contribution in [0, 0.1) is 0 Å². The minimum absolute atomic E-state index is 0.0617. The number of hydrogen-bond acceptors (Lipinski definition) is 6. The first-order valence-corrected chi connectivity index (χ1v) is 10.8. The number of hydrogen-bond donors (Lipinski definition) is 1. The van der Waals surface area contributed by atoms with Crippen LogP contribution in [0.3, 0.4) is 0 Å². The molecule has 3 amide bonds. The first kappa shape index (κ1) is 21.6. The molecular formula is C24H20N2O5S. The van der Waals surface area contributed by atoms with Gasteiger partial charge in [-0.1, -0.05) is 44.2 Å². The lowest BCUT2D eigenvalue weighted by Gasteiger charge is -2.13. The zero-order valence-electron chi connectivity index (χ0n) is 17.5. The van der Waals surface area contributed by atoms with Crippen molar-refractivity contribution in [1.29, 1.82) is 0 Å². The van der Waals surface area contributed by atoms with Crippen LogP contribution in [0.15, 0.2) is 68.7 Å². The van der Waals surface area contributed by atoms with Crippen LogP contribution in [0.25, 0.3) is 17.0 Å².